The Labute approximate surface area is 76.5 Å². The Balaban J connectivity index is 3.21. The summed E-state index contributed by atoms with van der Waals surface area (Å²) < 4.78 is 30.0. The van der Waals surface area contributed by atoms with Crippen molar-refractivity contribution in [3.05, 3.63) is 27.3 Å². The smallest absolute Gasteiger partial charge is 0.143 e. The van der Waals surface area contributed by atoms with Crippen LogP contribution in [-0.4, -0.2) is 7.11 Å². The number of hydrogen-bond donors (Lipinski definition) is 0. The highest BCUT2D eigenvalue weighted by atomic mass is 127. The molecule has 0 bridgehead atoms. The van der Waals surface area contributed by atoms with Gasteiger partial charge in [-0.05, 0) is 22.6 Å². The van der Waals surface area contributed by atoms with Crippen LogP contribution >= 0.6 is 22.6 Å². The molecule has 0 atom stereocenters. The maximum atomic E-state index is 12.7. The molecule has 0 aliphatic rings. The van der Waals surface area contributed by atoms with Gasteiger partial charge in [-0.1, -0.05) is 0 Å². The summed E-state index contributed by atoms with van der Waals surface area (Å²) in [6, 6.07) is 2.29. The fraction of sp³-hybridized carbons (Fsp3) is 0.143. The Morgan fingerprint density at radius 3 is 2.09 bits per heavy atom. The second-order valence-corrected chi connectivity index (χ2v) is 2.98. The van der Waals surface area contributed by atoms with Crippen molar-refractivity contribution in [3.63, 3.8) is 0 Å². The molecule has 60 valence electrons. The van der Waals surface area contributed by atoms with Gasteiger partial charge in [0.25, 0.3) is 0 Å². The quantitative estimate of drug-likeness (QED) is 0.563. The molecule has 1 nitrogen and oxygen atoms in total. The van der Waals surface area contributed by atoms with Gasteiger partial charge in [0, 0.05) is 12.1 Å². The Bertz CT molecular complexity index is 252. The molecule has 0 saturated heterocycles. The minimum Gasteiger partial charge on any atom is -0.497 e. The third kappa shape index (κ3) is 1.79. The zero-order valence-electron chi connectivity index (χ0n) is 5.70. The van der Waals surface area contributed by atoms with Crippen molar-refractivity contribution >= 4 is 22.6 Å². The van der Waals surface area contributed by atoms with Crippen LogP contribution in [0.2, 0.25) is 0 Å². The van der Waals surface area contributed by atoms with Gasteiger partial charge in [-0.2, -0.15) is 0 Å². The van der Waals surface area contributed by atoms with E-state index in [1.807, 2.05) is 0 Å². The van der Waals surface area contributed by atoms with Gasteiger partial charge in [0.05, 0.1) is 10.7 Å². The van der Waals surface area contributed by atoms with Gasteiger partial charge in [0.2, 0.25) is 0 Å². The van der Waals surface area contributed by atoms with Crippen molar-refractivity contribution in [2.75, 3.05) is 7.11 Å². The average molecular weight is 270 g/mol. The number of methoxy groups -OCH3 is 1. The molecular weight excluding hydrogens is 265 g/mol. The van der Waals surface area contributed by atoms with Crippen LogP contribution in [0, 0.1) is 15.2 Å². The van der Waals surface area contributed by atoms with E-state index in [0.29, 0.717) is 0 Å². The largest absolute Gasteiger partial charge is 0.497 e. The van der Waals surface area contributed by atoms with E-state index < -0.39 is 11.6 Å². The predicted octanol–water partition coefficient (Wildman–Crippen LogP) is 2.58. The molecule has 1 aromatic carbocycles. The third-order valence-corrected chi connectivity index (χ3v) is 2.22. The number of hydrogen-bond acceptors (Lipinski definition) is 1. The van der Waals surface area contributed by atoms with Gasteiger partial charge >= 0.3 is 0 Å². The van der Waals surface area contributed by atoms with E-state index in [-0.39, 0.29) is 9.32 Å². The molecular formula is C7H5F2IO. The Hall–Kier alpha value is -0.390. The Morgan fingerprint density at radius 2 is 1.73 bits per heavy atom. The molecule has 0 fully saturated rings. The molecule has 0 spiro atoms. The molecule has 11 heavy (non-hydrogen) atoms. The Kier molecular flexibility index (Phi) is 2.64. The maximum Gasteiger partial charge on any atom is 0.143 e. The van der Waals surface area contributed by atoms with Crippen LogP contribution in [0.1, 0.15) is 0 Å². The van der Waals surface area contributed by atoms with Gasteiger partial charge in [0.1, 0.15) is 17.4 Å². The molecule has 0 N–H and O–H groups in total. The zero-order valence-corrected chi connectivity index (χ0v) is 7.85. The van der Waals surface area contributed by atoms with Crippen molar-refractivity contribution in [2.45, 2.75) is 0 Å². The molecule has 0 aromatic heterocycles. The monoisotopic (exact) mass is 270 g/mol. The SMILES string of the molecule is COc1cc(F)c(I)c(F)c1. The number of rotatable bonds is 1. The first kappa shape index (κ1) is 8.70. The molecule has 0 radical (unpaired) electrons. The minimum absolute atomic E-state index is 0.0107. The highest BCUT2D eigenvalue weighted by Gasteiger charge is 2.07. The van der Waals surface area contributed by atoms with Gasteiger partial charge in [-0.3, -0.25) is 0 Å². The third-order valence-electron chi connectivity index (χ3n) is 1.19. The average Bonchev–Trinajstić information content (AvgIpc) is 1.99. The second-order valence-electron chi connectivity index (χ2n) is 1.91. The summed E-state index contributed by atoms with van der Waals surface area (Å²) in [6.07, 6.45) is 0. The van der Waals surface area contributed by atoms with Crippen molar-refractivity contribution in [1.82, 2.24) is 0 Å². The van der Waals surface area contributed by atoms with Crippen molar-refractivity contribution < 1.29 is 13.5 Å². The van der Waals surface area contributed by atoms with Crippen LogP contribution in [0.5, 0.6) is 5.75 Å². The highest BCUT2D eigenvalue weighted by molar-refractivity contribution is 14.1. The van der Waals surface area contributed by atoms with Gasteiger partial charge in [0.15, 0.2) is 0 Å². The molecule has 4 heteroatoms. The van der Waals surface area contributed by atoms with Crippen molar-refractivity contribution in [1.29, 1.82) is 0 Å². The molecule has 0 heterocycles. The summed E-state index contributed by atoms with van der Waals surface area (Å²) in [6.45, 7) is 0. The molecule has 1 rings (SSSR count). The fourth-order valence-electron chi connectivity index (χ4n) is 0.650. The van der Waals surface area contributed by atoms with Crippen LogP contribution in [-0.2, 0) is 0 Å². The summed E-state index contributed by atoms with van der Waals surface area (Å²) in [7, 11) is 1.36. The second kappa shape index (κ2) is 3.34. The maximum absolute atomic E-state index is 12.7. The molecule has 1 aromatic rings. The zero-order chi connectivity index (χ0) is 8.43. The fourth-order valence-corrected chi connectivity index (χ4v) is 0.962. The first-order valence-electron chi connectivity index (χ1n) is 2.83. The summed E-state index contributed by atoms with van der Waals surface area (Å²) in [4.78, 5) is 0. The van der Waals surface area contributed by atoms with Crippen molar-refractivity contribution in [2.24, 2.45) is 0 Å². The van der Waals surface area contributed by atoms with E-state index in [0.717, 1.165) is 12.1 Å². The number of halogens is 3. The van der Waals surface area contributed by atoms with E-state index >= 15 is 0 Å². The lowest BCUT2D eigenvalue weighted by Crippen LogP contribution is -1.91. The van der Waals surface area contributed by atoms with Crippen LogP contribution in [0.25, 0.3) is 0 Å². The van der Waals surface area contributed by atoms with E-state index in [9.17, 15) is 8.78 Å². The molecule has 0 aliphatic heterocycles. The first-order valence-corrected chi connectivity index (χ1v) is 3.91. The standard InChI is InChI=1S/C7H5F2IO/c1-11-4-2-5(8)7(10)6(9)3-4/h2-3H,1H3. The van der Waals surface area contributed by atoms with E-state index in [2.05, 4.69) is 4.74 Å². The van der Waals surface area contributed by atoms with Gasteiger partial charge in [-0.25, -0.2) is 8.78 Å². The number of benzene rings is 1. The summed E-state index contributed by atoms with van der Waals surface area (Å²) in [5, 5.41) is 0. The summed E-state index contributed by atoms with van der Waals surface area (Å²) in [5.74, 6) is -0.995. The van der Waals surface area contributed by atoms with Crippen LogP contribution in [0.15, 0.2) is 12.1 Å². The highest BCUT2D eigenvalue weighted by Crippen LogP contribution is 2.21. The van der Waals surface area contributed by atoms with Crippen LogP contribution < -0.4 is 4.74 Å². The molecule has 0 amide bonds. The van der Waals surface area contributed by atoms with E-state index in [1.54, 1.807) is 22.6 Å². The van der Waals surface area contributed by atoms with Crippen LogP contribution in [0.4, 0.5) is 8.78 Å². The summed E-state index contributed by atoms with van der Waals surface area (Å²) in [5.41, 5.74) is 0. The van der Waals surface area contributed by atoms with Crippen molar-refractivity contribution in [3.8, 4) is 5.75 Å². The Morgan fingerprint density at radius 1 is 1.27 bits per heavy atom. The lowest BCUT2D eigenvalue weighted by molar-refractivity contribution is 0.406. The molecule has 0 unspecified atom stereocenters. The first-order chi connectivity index (χ1) is 5.15. The lowest BCUT2D eigenvalue weighted by Gasteiger charge is -2.01. The van der Waals surface area contributed by atoms with Gasteiger partial charge in [-0.15, -0.1) is 0 Å². The van der Waals surface area contributed by atoms with Gasteiger partial charge < -0.3 is 4.74 Å². The van der Waals surface area contributed by atoms with Crippen LogP contribution in [0.3, 0.4) is 0 Å². The lowest BCUT2D eigenvalue weighted by atomic mass is 10.3. The summed E-state index contributed by atoms with van der Waals surface area (Å²) >= 11 is 1.60. The number of ether oxygens (including phenoxy) is 1. The predicted molar refractivity (Wildman–Crippen MR) is 45.6 cm³/mol. The normalized spacial score (nSPS) is 9.82. The molecule has 0 saturated carbocycles. The topological polar surface area (TPSA) is 9.23 Å². The van der Waals surface area contributed by atoms with E-state index in [4.69, 9.17) is 0 Å². The minimum atomic E-state index is -0.595. The molecule has 0 aliphatic carbocycles. The van der Waals surface area contributed by atoms with E-state index in [1.165, 1.54) is 7.11 Å².